The van der Waals surface area contributed by atoms with Gasteiger partial charge in [-0.1, -0.05) is 43.3 Å². The summed E-state index contributed by atoms with van der Waals surface area (Å²) in [6.45, 7) is 3.83. The highest BCUT2D eigenvalue weighted by Crippen LogP contribution is 2.25. The summed E-state index contributed by atoms with van der Waals surface area (Å²) >= 11 is 7.06. The second kappa shape index (κ2) is 8.38. The highest BCUT2D eigenvalue weighted by molar-refractivity contribution is 8.00. The van der Waals surface area contributed by atoms with E-state index in [1.54, 1.807) is 31.3 Å². The van der Waals surface area contributed by atoms with Gasteiger partial charge in [-0.05, 0) is 18.2 Å². The minimum atomic E-state index is -0.490. The number of aromatic nitrogens is 4. The number of fused-ring (bicyclic) bond motifs is 1. The Hall–Kier alpha value is -2.65. The van der Waals surface area contributed by atoms with Gasteiger partial charge in [-0.25, -0.2) is 14.8 Å². The number of carbonyl (C=O) groups is 1. The molecular weight excluding hydrogens is 414 g/mol. The van der Waals surface area contributed by atoms with Crippen LogP contribution in [0.3, 0.4) is 0 Å². The van der Waals surface area contributed by atoms with Gasteiger partial charge < -0.3 is 5.32 Å². The number of amides is 1. The maximum absolute atomic E-state index is 12.7. The molecule has 0 atom stereocenters. The molecule has 0 aliphatic rings. The summed E-state index contributed by atoms with van der Waals surface area (Å²) in [6, 6.07) is 6.83. The molecule has 0 saturated heterocycles. The number of nitrogens with one attached hydrogen (secondary N) is 1. The molecule has 0 radical (unpaired) electrons. The molecule has 10 heteroatoms. The van der Waals surface area contributed by atoms with Crippen molar-refractivity contribution in [3.8, 4) is 0 Å². The van der Waals surface area contributed by atoms with Gasteiger partial charge in [0, 0.05) is 30.7 Å². The molecule has 8 nitrogen and oxygen atoms in total. The van der Waals surface area contributed by atoms with Gasteiger partial charge in [0.1, 0.15) is 16.2 Å². The van der Waals surface area contributed by atoms with Crippen LogP contribution in [0.5, 0.6) is 0 Å². The summed E-state index contributed by atoms with van der Waals surface area (Å²) in [7, 11) is 2.96. The molecule has 3 aromatic rings. The smallest absolute Gasteiger partial charge is 0.325 e. The lowest BCUT2D eigenvalue weighted by Crippen LogP contribution is -2.38. The fourth-order valence-electron chi connectivity index (χ4n) is 2.70. The zero-order chi connectivity index (χ0) is 21.3. The lowest BCUT2D eigenvalue weighted by molar-refractivity contribution is -0.113. The highest BCUT2D eigenvalue weighted by Gasteiger charge is 2.19. The van der Waals surface area contributed by atoms with Crippen LogP contribution in [0, 0.1) is 0 Å². The van der Waals surface area contributed by atoms with Crippen molar-refractivity contribution >= 4 is 46.0 Å². The molecule has 0 fully saturated rings. The Bertz CT molecular complexity index is 1220. The first-order chi connectivity index (χ1) is 13.7. The Kier molecular flexibility index (Phi) is 6.09. The number of halogens is 1. The topological polar surface area (TPSA) is 98.9 Å². The van der Waals surface area contributed by atoms with Gasteiger partial charge in [0.05, 0.1) is 5.75 Å². The largest absolute Gasteiger partial charge is 0.332 e. The van der Waals surface area contributed by atoms with Crippen molar-refractivity contribution in [1.82, 2.24) is 19.1 Å². The SMILES string of the molecule is CC(C)c1nc(SCC(=O)Nc2cccc(Cl)c2)c2c(=O)n(C)c(=O)n(C)c2n1. The zero-order valence-corrected chi connectivity index (χ0v) is 18.0. The number of rotatable bonds is 5. The van der Waals surface area contributed by atoms with E-state index in [4.69, 9.17) is 11.6 Å². The minimum absolute atomic E-state index is 0.0156. The summed E-state index contributed by atoms with van der Waals surface area (Å²) in [5.41, 5.74) is -0.118. The third-order valence-electron chi connectivity index (χ3n) is 4.25. The highest BCUT2D eigenvalue weighted by atomic mass is 35.5. The summed E-state index contributed by atoms with van der Waals surface area (Å²) in [5, 5.41) is 3.87. The standard InChI is InChI=1S/C19H20ClN5O3S/c1-10(2)15-22-16-14(18(27)25(4)19(28)24(16)3)17(23-15)29-9-13(26)21-12-7-5-6-11(20)8-12/h5-8,10H,9H2,1-4H3,(H,21,26). The van der Waals surface area contributed by atoms with Crippen molar-refractivity contribution in [1.29, 1.82) is 0 Å². The first-order valence-corrected chi connectivity index (χ1v) is 10.2. The summed E-state index contributed by atoms with van der Waals surface area (Å²) in [5.74, 6) is 0.246. The molecule has 1 aromatic carbocycles. The number of carbonyl (C=O) groups excluding carboxylic acids is 1. The van der Waals surface area contributed by atoms with Crippen molar-refractivity contribution in [2.45, 2.75) is 24.8 Å². The monoisotopic (exact) mass is 433 g/mol. The molecule has 0 aliphatic carbocycles. The van der Waals surface area contributed by atoms with E-state index in [-0.39, 0.29) is 28.6 Å². The molecule has 0 unspecified atom stereocenters. The Balaban J connectivity index is 1.98. The molecule has 3 rings (SSSR count). The van der Waals surface area contributed by atoms with E-state index in [1.807, 2.05) is 13.8 Å². The first-order valence-electron chi connectivity index (χ1n) is 8.85. The van der Waals surface area contributed by atoms with Crippen LogP contribution in [0.15, 0.2) is 38.9 Å². The normalized spacial score (nSPS) is 11.2. The summed E-state index contributed by atoms with van der Waals surface area (Å²) in [4.78, 5) is 46.3. The van der Waals surface area contributed by atoms with Crippen molar-refractivity contribution in [2.75, 3.05) is 11.1 Å². The molecule has 0 aliphatic heterocycles. The fourth-order valence-corrected chi connectivity index (χ4v) is 3.72. The van der Waals surface area contributed by atoms with Crippen LogP contribution in [-0.4, -0.2) is 30.8 Å². The molecular formula is C19H20ClN5O3S. The average Bonchev–Trinajstić information content (AvgIpc) is 2.68. The van der Waals surface area contributed by atoms with Crippen LogP contribution in [0.4, 0.5) is 5.69 Å². The molecule has 2 aromatic heterocycles. The maximum Gasteiger partial charge on any atom is 0.332 e. The van der Waals surface area contributed by atoms with Crippen molar-refractivity contribution in [3.63, 3.8) is 0 Å². The average molecular weight is 434 g/mol. The van der Waals surface area contributed by atoms with Crippen LogP contribution in [0.2, 0.25) is 5.02 Å². The minimum Gasteiger partial charge on any atom is -0.325 e. The van der Waals surface area contributed by atoms with Crippen molar-refractivity contribution in [3.05, 3.63) is 56.0 Å². The summed E-state index contributed by atoms with van der Waals surface area (Å²) < 4.78 is 2.33. The number of benzene rings is 1. The third kappa shape index (κ3) is 4.35. The number of hydrogen-bond donors (Lipinski definition) is 1. The van der Waals surface area contributed by atoms with E-state index in [1.165, 1.54) is 11.6 Å². The van der Waals surface area contributed by atoms with E-state index in [9.17, 15) is 14.4 Å². The molecule has 1 N–H and O–H groups in total. The van der Waals surface area contributed by atoms with Gasteiger partial charge in [0.15, 0.2) is 5.65 Å². The lowest BCUT2D eigenvalue weighted by atomic mass is 10.2. The van der Waals surface area contributed by atoms with Crippen LogP contribution in [-0.2, 0) is 18.9 Å². The number of nitrogens with zero attached hydrogens (tertiary/aromatic N) is 4. The van der Waals surface area contributed by atoms with Gasteiger partial charge in [0.25, 0.3) is 5.56 Å². The van der Waals surface area contributed by atoms with E-state index in [2.05, 4.69) is 15.3 Å². The van der Waals surface area contributed by atoms with Crippen LogP contribution in [0.1, 0.15) is 25.6 Å². The first kappa shape index (κ1) is 21.1. The predicted molar refractivity (Wildman–Crippen MR) is 115 cm³/mol. The van der Waals surface area contributed by atoms with Crippen LogP contribution < -0.4 is 16.6 Å². The number of hydrogen-bond acceptors (Lipinski definition) is 6. The van der Waals surface area contributed by atoms with Crippen molar-refractivity contribution in [2.24, 2.45) is 14.1 Å². The van der Waals surface area contributed by atoms with Gasteiger partial charge in [-0.3, -0.25) is 18.7 Å². The maximum atomic E-state index is 12.7. The Morgan fingerprint density at radius 2 is 1.93 bits per heavy atom. The molecule has 2 heterocycles. The van der Waals surface area contributed by atoms with Crippen molar-refractivity contribution < 1.29 is 4.79 Å². The van der Waals surface area contributed by atoms with E-state index >= 15 is 0 Å². The van der Waals surface area contributed by atoms with Gasteiger partial charge in [0.2, 0.25) is 5.91 Å². The van der Waals surface area contributed by atoms with Crippen LogP contribution >= 0.6 is 23.4 Å². The third-order valence-corrected chi connectivity index (χ3v) is 5.46. The second-order valence-corrected chi connectivity index (χ2v) is 8.19. The molecule has 0 spiro atoms. The van der Waals surface area contributed by atoms with Gasteiger partial charge in [-0.2, -0.15) is 0 Å². The van der Waals surface area contributed by atoms with Crippen LogP contribution in [0.25, 0.3) is 11.0 Å². The molecule has 1 amide bonds. The zero-order valence-electron chi connectivity index (χ0n) is 16.4. The lowest BCUT2D eigenvalue weighted by Gasteiger charge is -2.13. The van der Waals surface area contributed by atoms with Gasteiger partial charge in [-0.15, -0.1) is 0 Å². The van der Waals surface area contributed by atoms with E-state index in [0.717, 1.165) is 16.3 Å². The van der Waals surface area contributed by atoms with E-state index < -0.39 is 11.2 Å². The molecule has 152 valence electrons. The summed E-state index contributed by atoms with van der Waals surface area (Å²) in [6.07, 6.45) is 0. The second-order valence-electron chi connectivity index (χ2n) is 6.79. The fraction of sp³-hybridized carbons (Fsp3) is 0.316. The van der Waals surface area contributed by atoms with Gasteiger partial charge >= 0.3 is 5.69 Å². The van der Waals surface area contributed by atoms with E-state index in [0.29, 0.717) is 21.6 Å². The Morgan fingerprint density at radius 1 is 1.21 bits per heavy atom. The number of thioether (sulfide) groups is 1. The Labute approximate surface area is 175 Å². The molecule has 29 heavy (non-hydrogen) atoms. The molecule has 0 bridgehead atoms. The molecule has 0 saturated carbocycles. The Morgan fingerprint density at radius 3 is 2.59 bits per heavy atom. The number of aryl methyl sites for hydroxylation is 1. The predicted octanol–water partition coefficient (Wildman–Crippen LogP) is 2.53. The number of anilines is 1. The quantitative estimate of drug-likeness (QED) is 0.490.